The smallest absolute Gasteiger partial charge is 0.335 e. The Labute approximate surface area is 445 Å². The van der Waals surface area contributed by atoms with Gasteiger partial charge in [0.25, 0.3) is 0 Å². The first-order chi connectivity index (χ1) is 37.5. The van der Waals surface area contributed by atoms with Gasteiger partial charge in [0, 0.05) is 0 Å². The summed E-state index contributed by atoms with van der Waals surface area (Å²) in [5, 5.41) is 57.6. The van der Waals surface area contributed by atoms with E-state index in [1.54, 1.807) is 0 Å². The van der Waals surface area contributed by atoms with Gasteiger partial charge in [0.15, 0.2) is 0 Å². The molecule has 0 heterocycles. The van der Waals surface area contributed by atoms with Crippen molar-refractivity contribution in [2.24, 2.45) is 0 Å². The van der Waals surface area contributed by atoms with Gasteiger partial charge in [0.2, 0.25) is 0 Å². The van der Waals surface area contributed by atoms with Gasteiger partial charge in [-0.2, -0.15) is 0 Å². The highest BCUT2D eigenvalue weighted by atomic mass is 16.4. The van der Waals surface area contributed by atoms with Crippen LogP contribution in [0.3, 0.4) is 0 Å². The molecule has 10 aromatic rings. The third-order valence-electron chi connectivity index (χ3n) is 13.5. The Morgan fingerprint density at radius 3 is 0.372 bits per heavy atom. The van der Waals surface area contributed by atoms with Gasteiger partial charge in [-0.1, -0.05) is 146 Å². The van der Waals surface area contributed by atoms with Crippen LogP contribution in [0.4, 0.5) is 0 Å². The maximum atomic E-state index is 11.8. The van der Waals surface area contributed by atoms with Gasteiger partial charge in [0.1, 0.15) is 0 Å². The Morgan fingerprint density at radius 1 is 0.154 bits per heavy atom. The van der Waals surface area contributed by atoms with Crippen LogP contribution < -0.4 is 0 Å². The normalized spacial score (nSPS) is 10.9. The molecule has 0 spiro atoms. The summed E-state index contributed by atoms with van der Waals surface area (Å²) >= 11 is 0. The molecule has 10 aromatic carbocycles. The van der Waals surface area contributed by atoms with Crippen molar-refractivity contribution >= 4 is 35.8 Å². The topological polar surface area (TPSA) is 224 Å². The monoisotopic (exact) mass is 1030 g/mol. The maximum Gasteiger partial charge on any atom is 0.335 e. The van der Waals surface area contributed by atoms with Crippen LogP contribution in [-0.4, -0.2) is 66.5 Å². The summed E-state index contributed by atoms with van der Waals surface area (Å²) in [5.74, 6) is -7.33. The molecule has 0 unspecified atom stereocenters. The minimum atomic E-state index is -1.22. The summed E-state index contributed by atoms with van der Waals surface area (Å²) in [6, 6.07) is 65.3. The largest absolute Gasteiger partial charge is 0.478 e. The first kappa shape index (κ1) is 50.5. The number of rotatable bonds is 15. The molecule has 0 aliphatic rings. The molecule has 0 aliphatic carbocycles. The van der Waals surface area contributed by atoms with Crippen LogP contribution in [-0.2, 0) is 0 Å². The van der Waals surface area contributed by atoms with Crippen LogP contribution in [0.25, 0.3) is 100 Å². The molecular formula is C66H42O12. The van der Waals surface area contributed by atoms with E-state index in [1.165, 1.54) is 36.4 Å². The summed E-state index contributed by atoms with van der Waals surface area (Å²) in [7, 11) is 0. The Bertz CT molecular complexity index is 3500. The molecule has 12 nitrogen and oxygen atoms in total. The molecule has 12 heteroatoms. The van der Waals surface area contributed by atoms with E-state index in [2.05, 4.69) is 18.2 Å². The van der Waals surface area contributed by atoms with Gasteiger partial charge < -0.3 is 30.6 Å². The number of carboxylic acids is 6. The maximum absolute atomic E-state index is 11.8. The fraction of sp³-hybridized carbons (Fsp3) is 0. The van der Waals surface area contributed by atoms with Crippen LogP contribution in [0.15, 0.2) is 218 Å². The third-order valence-corrected chi connectivity index (χ3v) is 13.5. The summed E-state index contributed by atoms with van der Waals surface area (Å²) in [5.41, 5.74) is 13.9. The van der Waals surface area contributed by atoms with Gasteiger partial charge in [-0.3, -0.25) is 0 Å². The van der Waals surface area contributed by atoms with E-state index >= 15 is 0 Å². The first-order valence-corrected chi connectivity index (χ1v) is 24.2. The number of aromatic carboxylic acids is 6. The number of carbonyl (C=O) groups is 6. The molecule has 0 saturated heterocycles. The van der Waals surface area contributed by atoms with Crippen molar-refractivity contribution in [1.29, 1.82) is 0 Å². The van der Waals surface area contributed by atoms with E-state index in [0.717, 1.165) is 85.0 Å². The van der Waals surface area contributed by atoms with Crippen molar-refractivity contribution in [1.82, 2.24) is 0 Å². The lowest BCUT2D eigenvalue weighted by Crippen LogP contribution is -2.03. The lowest BCUT2D eigenvalue weighted by molar-refractivity contribution is 0.0676. The second-order valence-corrected chi connectivity index (χ2v) is 18.5. The molecule has 10 rings (SSSR count). The predicted octanol–water partition coefficient (Wildman–Crippen LogP) is 14.9. The van der Waals surface area contributed by atoms with Crippen LogP contribution >= 0.6 is 0 Å². The fourth-order valence-corrected chi connectivity index (χ4v) is 9.38. The summed E-state index contributed by atoms with van der Waals surface area (Å²) in [4.78, 5) is 70.6. The van der Waals surface area contributed by atoms with E-state index in [4.69, 9.17) is 0 Å². The van der Waals surface area contributed by atoms with Crippen molar-refractivity contribution in [3.8, 4) is 100 Å². The zero-order valence-corrected chi connectivity index (χ0v) is 40.9. The van der Waals surface area contributed by atoms with Crippen molar-refractivity contribution < 1.29 is 59.4 Å². The highest BCUT2D eigenvalue weighted by Gasteiger charge is 2.17. The third kappa shape index (κ3) is 10.8. The zero-order valence-electron chi connectivity index (χ0n) is 40.9. The molecule has 0 aromatic heterocycles. The number of hydrogen-bond donors (Lipinski definition) is 6. The lowest BCUT2D eigenvalue weighted by atomic mass is 9.91. The molecule has 0 atom stereocenters. The van der Waals surface area contributed by atoms with E-state index in [-0.39, 0.29) is 33.4 Å². The first-order valence-electron chi connectivity index (χ1n) is 24.2. The lowest BCUT2D eigenvalue weighted by Gasteiger charge is -2.13. The summed E-state index contributed by atoms with van der Waals surface area (Å²) < 4.78 is 0. The summed E-state index contributed by atoms with van der Waals surface area (Å²) in [6.07, 6.45) is 0. The van der Waals surface area contributed by atoms with Crippen molar-refractivity contribution in [3.05, 3.63) is 252 Å². The molecule has 0 amide bonds. The molecule has 0 aliphatic heterocycles. The number of benzene rings is 10. The zero-order chi connectivity index (χ0) is 54.8. The second kappa shape index (κ2) is 21.1. The van der Waals surface area contributed by atoms with Gasteiger partial charge >= 0.3 is 35.8 Å². The molecular weight excluding hydrogens is 985 g/mol. The SMILES string of the molecule is O=C(O)c1cc(C(=O)O)cc(-c2ccc(-c3ccc(-c4cc(-c5ccc(-c6ccc(-c7cc(C(=O)O)cc(C(=O)O)c7)cc6)cc5)cc(-c5ccc(-c6ccc(-c7cc(C(=O)O)cc(C(=O)O)c7)cc6)cc5)c4)cc3)cc2)c1. The molecule has 0 fully saturated rings. The van der Waals surface area contributed by atoms with Gasteiger partial charge in [-0.25, -0.2) is 28.8 Å². The Morgan fingerprint density at radius 2 is 0.256 bits per heavy atom. The molecule has 78 heavy (non-hydrogen) atoms. The summed E-state index contributed by atoms with van der Waals surface area (Å²) in [6.45, 7) is 0. The number of carboxylic acid groups (broad SMARTS) is 6. The Kier molecular flexibility index (Phi) is 13.7. The Balaban J connectivity index is 0.957. The second-order valence-electron chi connectivity index (χ2n) is 18.5. The minimum absolute atomic E-state index is 0.120. The predicted molar refractivity (Wildman–Crippen MR) is 297 cm³/mol. The van der Waals surface area contributed by atoms with E-state index in [9.17, 15) is 59.4 Å². The fourth-order valence-electron chi connectivity index (χ4n) is 9.38. The van der Waals surface area contributed by atoms with Crippen molar-refractivity contribution in [2.75, 3.05) is 0 Å². The number of hydrogen-bond acceptors (Lipinski definition) is 6. The average molecular weight is 1030 g/mol. The molecule has 0 saturated carbocycles. The average Bonchev–Trinajstić information content (AvgIpc) is 3.47. The van der Waals surface area contributed by atoms with Crippen LogP contribution in [0.5, 0.6) is 0 Å². The van der Waals surface area contributed by atoms with E-state index < -0.39 is 35.8 Å². The minimum Gasteiger partial charge on any atom is -0.478 e. The van der Waals surface area contributed by atoms with Crippen LogP contribution in [0.1, 0.15) is 62.1 Å². The van der Waals surface area contributed by atoms with Gasteiger partial charge in [-0.15, -0.1) is 0 Å². The standard InChI is InChI=1S/C66H42O12/c67-61(68)55-28-52(29-56(34-55)62(69)70)46-19-7-40(8-20-46)37-1-13-43(14-2-37)49-25-50(44-15-3-38(4-16-44)41-9-21-47(22-10-41)53-30-57(63(71)72)35-58(31-53)64(73)74)27-51(26-49)45-17-5-39(6-18-45)42-11-23-48(24-12-42)54-32-59(65(75)76)36-60(33-54)66(77)78/h1-36H,(H,67,68)(H,69,70)(H,71,72)(H,73,74)(H,75,76)(H,77,78). The van der Waals surface area contributed by atoms with Crippen LogP contribution in [0.2, 0.25) is 0 Å². The molecule has 0 radical (unpaired) electrons. The van der Waals surface area contributed by atoms with Gasteiger partial charge in [0.05, 0.1) is 33.4 Å². The molecule has 6 N–H and O–H groups in total. The van der Waals surface area contributed by atoms with E-state index in [0.29, 0.717) is 33.4 Å². The van der Waals surface area contributed by atoms with E-state index in [1.807, 2.05) is 146 Å². The Hall–Kier alpha value is -11.0. The van der Waals surface area contributed by atoms with Gasteiger partial charge in [-0.05, 0) is 173 Å². The highest BCUT2D eigenvalue weighted by Crippen LogP contribution is 2.37. The molecule has 0 bridgehead atoms. The highest BCUT2D eigenvalue weighted by molar-refractivity contribution is 5.99. The van der Waals surface area contributed by atoms with Crippen molar-refractivity contribution in [3.63, 3.8) is 0 Å². The quantitative estimate of drug-likeness (QED) is 0.0564. The van der Waals surface area contributed by atoms with Crippen LogP contribution in [0, 0.1) is 0 Å². The van der Waals surface area contributed by atoms with Crippen molar-refractivity contribution in [2.45, 2.75) is 0 Å². The molecule has 378 valence electrons.